The van der Waals surface area contributed by atoms with Crippen molar-refractivity contribution in [2.24, 2.45) is 0 Å². The quantitative estimate of drug-likeness (QED) is 0.793. The zero-order chi connectivity index (χ0) is 13.2. The highest BCUT2D eigenvalue weighted by molar-refractivity contribution is 6.18. The Kier molecular flexibility index (Phi) is 3.96. The molecule has 0 aliphatic carbocycles. The Bertz CT molecular complexity index is 452. The number of alkyl halides is 1. The van der Waals surface area contributed by atoms with Crippen LogP contribution in [0.3, 0.4) is 0 Å². The van der Waals surface area contributed by atoms with Crippen LogP contribution in [0, 0.1) is 6.92 Å². The Morgan fingerprint density at radius 3 is 3.11 bits per heavy atom. The molecule has 0 N–H and O–H groups in total. The van der Waals surface area contributed by atoms with E-state index in [0.29, 0.717) is 5.88 Å². The highest BCUT2D eigenvalue weighted by atomic mass is 35.5. The standard InChI is InChI=1S/C15H20ClNO2/c1-11-2-3-15-12(6-11)7-13(19-15)9-17-4-5-18-14(8-16)10-17/h2-3,6,13-14H,4-5,7-10H2,1H3. The fourth-order valence-electron chi connectivity index (χ4n) is 2.88. The van der Waals surface area contributed by atoms with Crippen molar-refractivity contribution in [2.75, 3.05) is 32.1 Å². The van der Waals surface area contributed by atoms with E-state index in [4.69, 9.17) is 21.1 Å². The highest BCUT2D eigenvalue weighted by Gasteiger charge is 2.27. The van der Waals surface area contributed by atoms with Gasteiger partial charge in [-0.05, 0) is 18.6 Å². The lowest BCUT2D eigenvalue weighted by molar-refractivity contribution is -0.0257. The molecular formula is C15H20ClNO2. The van der Waals surface area contributed by atoms with Crippen molar-refractivity contribution in [3.63, 3.8) is 0 Å². The fraction of sp³-hybridized carbons (Fsp3) is 0.600. The summed E-state index contributed by atoms with van der Waals surface area (Å²) in [5.74, 6) is 1.62. The molecule has 0 spiro atoms. The summed E-state index contributed by atoms with van der Waals surface area (Å²) in [6, 6.07) is 6.43. The molecule has 1 saturated heterocycles. The molecule has 1 aromatic carbocycles. The number of fused-ring (bicyclic) bond motifs is 1. The van der Waals surface area contributed by atoms with Crippen molar-refractivity contribution in [1.82, 2.24) is 4.90 Å². The summed E-state index contributed by atoms with van der Waals surface area (Å²) >= 11 is 5.87. The molecule has 2 atom stereocenters. The van der Waals surface area contributed by atoms with Gasteiger partial charge in [-0.25, -0.2) is 0 Å². The summed E-state index contributed by atoms with van der Waals surface area (Å²) in [4.78, 5) is 2.40. The second-order valence-electron chi connectivity index (χ2n) is 5.46. The lowest BCUT2D eigenvalue weighted by atomic mass is 10.1. The number of rotatable bonds is 3. The van der Waals surface area contributed by atoms with Crippen molar-refractivity contribution in [3.05, 3.63) is 29.3 Å². The molecule has 19 heavy (non-hydrogen) atoms. The van der Waals surface area contributed by atoms with Gasteiger partial charge in [-0.15, -0.1) is 11.6 Å². The van der Waals surface area contributed by atoms with E-state index in [0.717, 1.165) is 38.4 Å². The number of hydrogen-bond acceptors (Lipinski definition) is 3. The summed E-state index contributed by atoms with van der Waals surface area (Å²) in [7, 11) is 0. The maximum absolute atomic E-state index is 6.02. The topological polar surface area (TPSA) is 21.7 Å². The predicted molar refractivity (Wildman–Crippen MR) is 76.2 cm³/mol. The molecule has 2 aliphatic heterocycles. The molecule has 1 aromatic rings. The molecule has 104 valence electrons. The normalized spacial score (nSPS) is 27.1. The van der Waals surface area contributed by atoms with Gasteiger partial charge in [0, 0.05) is 31.9 Å². The summed E-state index contributed by atoms with van der Waals surface area (Å²) < 4.78 is 11.6. The van der Waals surface area contributed by atoms with Crippen molar-refractivity contribution in [1.29, 1.82) is 0 Å². The van der Waals surface area contributed by atoms with Crippen LogP contribution >= 0.6 is 11.6 Å². The van der Waals surface area contributed by atoms with Crippen molar-refractivity contribution >= 4 is 11.6 Å². The van der Waals surface area contributed by atoms with Gasteiger partial charge in [-0.1, -0.05) is 17.7 Å². The van der Waals surface area contributed by atoms with Crippen LogP contribution in [-0.2, 0) is 11.2 Å². The van der Waals surface area contributed by atoms with E-state index < -0.39 is 0 Å². The first-order chi connectivity index (χ1) is 9.24. The molecule has 4 heteroatoms. The van der Waals surface area contributed by atoms with Crippen molar-refractivity contribution in [2.45, 2.75) is 25.6 Å². The molecule has 2 aliphatic rings. The van der Waals surface area contributed by atoms with E-state index in [1.807, 2.05) is 0 Å². The maximum atomic E-state index is 6.02. The van der Waals surface area contributed by atoms with Gasteiger partial charge in [0.25, 0.3) is 0 Å². The van der Waals surface area contributed by atoms with Crippen LogP contribution in [0.25, 0.3) is 0 Å². The predicted octanol–water partition coefficient (Wildman–Crippen LogP) is 2.24. The Labute approximate surface area is 119 Å². The van der Waals surface area contributed by atoms with E-state index in [1.54, 1.807) is 0 Å². The Balaban J connectivity index is 1.58. The van der Waals surface area contributed by atoms with E-state index in [1.165, 1.54) is 11.1 Å². The average Bonchev–Trinajstić information content (AvgIpc) is 2.80. The molecule has 0 radical (unpaired) electrons. The van der Waals surface area contributed by atoms with Gasteiger partial charge in [0.05, 0.1) is 12.7 Å². The highest BCUT2D eigenvalue weighted by Crippen LogP contribution is 2.30. The molecule has 0 saturated carbocycles. The SMILES string of the molecule is Cc1ccc2c(c1)CC(CN1CCOC(CCl)C1)O2. The molecule has 2 unspecified atom stereocenters. The second kappa shape index (κ2) is 5.70. The Hall–Kier alpha value is -0.770. The van der Waals surface area contributed by atoms with Gasteiger partial charge in [0.15, 0.2) is 0 Å². The van der Waals surface area contributed by atoms with Gasteiger partial charge in [0.2, 0.25) is 0 Å². The number of aryl methyl sites for hydroxylation is 1. The third-order valence-corrected chi connectivity index (χ3v) is 4.16. The first-order valence-electron chi connectivity index (χ1n) is 6.90. The van der Waals surface area contributed by atoms with E-state index >= 15 is 0 Å². The molecule has 3 nitrogen and oxygen atoms in total. The van der Waals surface area contributed by atoms with Gasteiger partial charge >= 0.3 is 0 Å². The molecule has 1 fully saturated rings. The summed E-state index contributed by atoms with van der Waals surface area (Å²) in [5, 5.41) is 0. The lowest BCUT2D eigenvalue weighted by Gasteiger charge is -2.33. The van der Waals surface area contributed by atoms with Crippen LogP contribution < -0.4 is 4.74 Å². The Morgan fingerprint density at radius 2 is 2.26 bits per heavy atom. The zero-order valence-electron chi connectivity index (χ0n) is 11.3. The summed E-state index contributed by atoms with van der Waals surface area (Å²) in [5.41, 5.74) is 2.64. The lowest BCUT2D eigenvalue weighted by Crippen LogP contribution is -2.46. The number of benzene rings is 1. The first kappa shape index (κ1) is 13.2. The van der Waals surface area contributed by atoms with Crippen molar-refractivity contribution < 1.29 is 9.47 Å². The molecule has 0 bridgehead atoms. The van der Waals surface area contributed by atoms with E-state index in [9.17, 15) is 0 Å². The summed E-state index contributed by atoms with van der Waals surface area (Å²) in [6.07, 6.45) is 1.45. The van der Waals surface area contributed by atoms with Crippen LogP contribution in [0.4, 0.5) is 0 Å². The van der Waals surface area contributed by atoms with Crippen LogP contribution in [0.15, 0.2) is 18.2 Å². The minimum absolute atomic E-state index is 0.168. The van der Waals surface area contributed by atoms with Crippen LogP contribution in [0.2, 0.25) is 0 Å². The smallest absolute Gasteiger partial charge is 0.123 e. The monoisotopic (exact) mass is 281 g/mol. The van der Waals surface area contributed by atoms with Gasteiger partial charge in [-0.2, -0.15) is 0 Å². The number of ether oxygens (including phenoxy) is 2. The number of nitrogens with zero attached hydrogens (tertiary/aromatic N) is 1. The Morgan fingerprint density at radius 1 is 1.37 bits per heavy atom. The summed E-state index contributed by atoms with van der Waals surface area (Å²) in [6.45, 7) is 5.75. The minimum atomic E-state index is 0.168. The van der Waals surface area contributed by atoms with Crippen LogP contribution in [-0.4, -0.2) is 49.2 Å². The van der Waals surface area contributed by atoms with Crippen LogP contribution in [0.1, 0.15) is 11.1 Å². The molecular weight excluding hydrogens is 262 g/mol. The fourth-order valence-corrected chi connectivity index (χ4v) is 3.07. The average molecular weight is 282 g/mol. The third kappa shape index (κ3) is 3.04. The first-order valence-corrected chi connectivity index (χ1v) is 7.44. The zero-order valence-corrected chi connectivity index (χ0v) is 12.0. The number of morpholine rings is 1. The van der Waals surface area contributed by atoms with Gasteiger partial charge < -0.3 is 9.47 Å². The third-order valence-electron chi connectivity index (χ3n) is 3.81. The molecule has 2 heterocycles. The number of hydrogen-bond donors (Lipinski definition) is 0. The molecule has 0 amide bonds. The largest absolute Gasteiger partial charge is 0.488 e. The number of halogens is 1. The molecule has 0 aromatic heterocycles. The molecule has 3 rings (SSSR count). The van der Waals surface area contributed by atoms with Gasteiger partial charge in [-0.3, -0.25) is 4.90 Å². The van der Waals surface area contributed by atoms with Gasteiger partial charge in [0.1, 0.15) is 11.9 Å². The van der Waals surface area contributed by atoms with E-state index in [2.05, 4.69) is 30.0 Å². The minimum Gasteiger partial charge on any atom is -0.488 e. The second-order valence-corrected chi connectivity index (χ2v) is 5.77. The van der Waals surface area contributed by atoms with E-state index in [-0.39, 0.29) is 12.2 Å². The van der Waals surface area contributed by atoms with Crippen LogP contribution in [0.5, 0.6) is 5.75 Å². The van der Waals surface area contributed by atoms with Crippen molar-refractivity contribution in [3.8, 4) is 5.75 Å². The maximum Gasteiger partial charge on any atom is 0.123 e.